The molecule has 1 heterocycles. The third-order valence-corrected chi connectivity index (χ3v) is 5.22. The molecule has 1 fully saturated rings. The Kier molecular flexibility index (Phi) is 3.36. The predicted molar refractivity (Wildman–Crippen MR) is 74.2 cm³/mol. The van der Waals surface area contributed by atoms with Gasteiger partial charge in [-0.1, -0.05) is 13.8 Å². The highest BCUT2D eigenvalue weighted by Crippen LogP contribution is 2.34. The first-order valence-corrected chi connectivity index (χ1v) is 7.32. The predicted octanol–water partition coefficient (Wildman–Crippen LogP) is 2.40. The summed E-state index contributed by atoms with van der Waals surface area (Å²) in [6.45, 7) is 4.88. The van der Waals surface area contributed by atoms with Crippen molar-refractivity contribution in [3.8, 4) is 0 Å². The largest absolute Gasteiger partial charge is 0.354 e. The molecule has 3 N–H and O–H groups in total. The Bertz CT molecular complexity index is 437. The number of halogens is 1. The summed E-state index contributed by atoms with van der Waals surface area (Å²) in [5.41, 5.74) is 5.21. The second-order valence-electron chi connectivity index (χ2n) is 5.35. The normalized spacial score (nSPS) is 17.9. The SMILES string of the molecule is CC(C)(CNC(=O)C1(N)CC1)c1cc(Br)cs1. The van der Waals surface area contributed by atoms with E-state index in [1.54, 1.807) is 11.3 Å². The van der Waals surface area contributed by atoms with Crippen LogP contribution in [-0.2, 0) is 10.2 Å². The number of nitrogens with two attached hydrogens (primary N) is 1. The van der Waals surface area contributed by atoms with E-state index in [2.05, 4.69) is 46.5 Å². The van der Waals surface area contributed by atoms with Gasteiger partial charge in [-0.3, -0.25) is 4.79 Å². The van der Waals surface area contributed by atoms with Gasteiger partial charge in [0.1, 0.15) is 0 Å². The van der Waals surface area contributed by atoms with E-state index in [0.717, 1.165) is 17.3 Å². The lowest BCUT2D eigenvalue weighted by atomic mass is 9.91. The van der Waals surface area contributed by atoms with E-state index in [1.807, 2.05) is 0 Å². The molecule has 1 aromatic heterocycles. The molecule has 94 valence electrons. The molecule has 1 amide bonds. The van der Waals surface area contributed by atoms with Crippen LogP contribution in [0.5, 0.6) is 0 Å². The summed E-state index contributed by atoms with van der Waals surface area (Å²) in [6.07, 6.45) is 1.62. The minimum absolute atomic E-state index is 0.0128. The van der Waals surface area contributed by atoms with E-state index in [-0.39, 0.29) is 11.3 Å². The monoisotopic (exact) mass is 316 g/mol. The number of rotatable bonds is 4. The lowest BCUT2D eigenvalue weighted by Crippen LogP contribution is -2.46. The molecular formula is C12H17BrN2OS. The minimum atomic E-state index is -0.577. The molecule has 5 heteroatoms. The highest BCUT2D eigenvalue weighted by molar-refractivity contribution is 9.10. The molecule has 0 unspecified atom stereocenters. The molecule has 1 aliphatic rings. The molecule has 2 rings (SSSR count). The van der Waals surface area contributed by atoms with Gasteiger partial charge in [0.05, 0.1) is 5.54 Å². The molecule has 3 nitrogen and oxygen atoms in total. The second-order valence-corrected chi connectivity index (χ2v) is 7.18. The van der Waals surface area contributed by atoms with Gasteiger partial charge in [-0.15, -0.1) is 11.3 Å². The quantitative estimate of drug-likeness (QED) is 0.896. The van der Waals surface area contributed by atoms with Crippen molar-refractivity contribution < 1.29 is 4.79 Å². The standard InChI is InChI=1S/C12H17BrN2OS/c1-11(2,9-5-8(13)6-17-9)7-15-10(16)12(14)3-4-12/h5-6H,3-4,7,14H2,1-2H3,(H,15,16). The fraction of sp³-hybridized carbons (Fsp3) is 0.583. The summed E-state index contributed by atoms with van der Waals surface area (Å²) >= 11 is 5.15. The Morgan fingerprint density at radius 2 is 2.29 bits per heavy atom. The van der Waals surface area contributed by atoms with Gasteiger partial charge in [0.15, 0.2) is 0 Å². The first kappa shape index (κ1) is 13.1. The summed E-state index contributed by atoms with van der Waals surface area (Å²) in [4.78, 5) is 13.0. The van der Waals surface area contributed by atoms with Crippen molar-refractivity contribution >= 4 is 33.2 Å². The second kappa shape index (κ2) is 4.37. The van der Waals surface area contributed by atoms with Crippen LogP contribution in [0.25, 0.3) is 0 Å². The average molecular weight is 317 g/mol. The number of carbonyl (C=O) groups excluding carboxylic acids is 1. The third-order valence-electron chi connectivity index (χ3n) is 3.17. The minimum Gasteiger partial charge on any atom is -0.354 e. The van der Waals surface area contributed by atoms with Crippen molar-refractivity contribution in [3.05, 3.63) is 20.8 Å². The Balaban J connectivity index is 1.95. The van der Waals surface area contributed by atoms with E-state index >= 15 is 0 Å². The van der Waals surface area contributed by atoms with Crippen LogP contribution < -0.4 is 11.1 Å². The van der Waals surface area contributed by atoms with Gasteiger partial charge in [-0.05, 0) is 34.8 Å². The first-order valence-electron chi connectivity index (χ1n) is 5.65. The molecular weight excluding hydrogens is 300 g/mol. The number of amides is 1. The van der Waals surface area contributed by atoms with Crippen LogP contribution in [0.1, 0.15) is 31.6 Å². The Hall–Kier alpha value is -0.390. The summed E-state index contributed by atoms with van der Waals surface area (Å²) in [5.74, 6) is -0.0128. The summed E-state index contributed by atoms with van der Waals surface area (Å²) < 4.78 is 1.09. The van der Waals surface area contributed by atoms with Gasteiger partial charge in [0.25, 0.3) is 0 Å². The van der Waals surface area contributed by atoms with Crippen LogP contribution in [0.3, 0.4) is 0 Å². The van der Waals surface area contributed by atoms with Crippen molar-refractivity contribution in [2.75, 3.05) is 6.54 Å². The fourth-order valence-electron chi connectivity index (χ4n) is 1.59. The van der Waals surface area contributed by atoms with Gasteiger partial charge in [-0.25, -0.2) is 0 Å². The van der Waals surface area contributed by atoms with Crippen LogP contribution >= 0.6 is 27.3 Å². The molecule has 1 saturated carbocycles. The molecule has 1 aliphatic carbocycles. The lowest BCUT2D eigenvalue weighted by Gasteiger charge is -2.24. The number of nitrogens with one attached hydrogen (secondary N) is 1. The Morgan fingerprint density at radius 3 is 2.76 bits per heavy atom. The molecule has 0 aliphatic heterocycles. The van der Waals surface area contributed by atoms with E-state index in [1.165, 1.54) is 4.88 Å². The Labute approximate surface area is 114 Å². The van der Waals surface area contributed by atoms with Crippen LogP contribution in [0, 0.1) is 0 Å². The molecule has 0 radical (unpaired) electrons. The average Bonchev–Trinajstić information content (AvgIpc) is 2.84. The molecule has 0 bridgehead atoms. The van der Waals surface area contributed by atoms with Gasteiger partial charge >= 0.3 is 0 Å². The van der Waals surface area contributed by atoms with E-state index in [0.29, 0.717) is 6.54 Å². The van der Waals surface area contributed by atoms with Gasteiger partial charge in [0, 0.05) is 26.7 Å². The maximum atomic E-state index is 11.8. The molecule has 17 heavy (non-hydrogen) atoms. The molecule has 1 aromatic rings. The van der Waals surface area contributed by atoms with E-state index in [9.17, 15) is 4.79 Å². The summed E-state index contributed by atoms with van der Waals surface area (Å²) in [7, 11) is 0. The zero-order chi connectivity index (χ0) is 12.7. The van der Waals surface area contributed by atoms with Crippen molar-refractivity contribution in [2.24, 2.45) is 5.73 Å². The molecule has 0 spiro atoms. The number of hydrogen-bond acceptors (Lipinski definition) is 3. The van der Waals surface area contributed by atoms with Crippen LogP contribution in [0.15, 0.2) is 15.9 Å². The molecule has 0 saturated heterocycles. The zero-order valence-electron chi connectivity index (χ0n) is 10.0. The third kappa shape index (κ3) is 2.89. The van der Waals surface area contributed by atoms with E-state index in [4.69, 9.17) is 5.73 Å². The lowest BCUT2D eigenvalue weighted by molar-refractivity contribution is -0.123. The highest BCUT2D eigenvalue weighted by atomic mass is 79.9. The highest BCUT2D eigenvalue weighted by Gasteiger charge is 2.46. The maximum Gasteiger partial charge on any atom is 0.240 e. The van der Waals surface area contributed by atoms with Crippen molar-refractivity contribution in [1.82, 2.24) is 5.32 Å². The first-order chi connectivity index (χ1) is 7.83. The Morgan fingerprint density at radius 1 is 1.65 bits per heavy atom. The fourth-order valence-corrected chi connectivity index (χ4v) is 3.15. The maximum absolute atomic E-state index is 11.8. The van der Waals surface area contributed by atoms with Crippen molar-refractivity contribution in [2.45, 2.75) is 37.6 Å². The summed E-state index contributed by atoms with van der Waals surface area (Å²) in [5, 5.41) is 5.02. The molecule has 0 aromatic carbocycles. The molecule has 0 atom stereocenters. The number of hydrogen-bond donors (Lipinski definition) is 2. The van der Waals surface area contributed by atoms with Crippen LogP contribution in [0.2, 0.25) is 0 Å². The topological polar surface area (TPSA) is 55.1 Å². The number of thiophene rings is 1. The van der Waals surface area contributed by atoms with Gasteiger partial charge in [-0.2, -0.15) is 0 Å². The summed E-state index contributed by atoms with van der Waals surface area (Å²) in [6, 6.07) is 2.10. The smallest absolute Gasteiger partial charge is 0.240 e. The van der Waals surface area contributed by atoms with Crippen LogP contribution in [-0.4, -0.2) is 18.0 Å². The van der Waals surface area contributed by atoms with Crippen molar-refractivity contribution in [3.63, 3.8) is 0 Å². The van der Waals surface area contributed by atoms with Gasteiger partial charge < -0.3 is 11.1 Å². The zero-order valence-corrected chi connectivity index (χ0v) is 12.5. The van der Waals surface area contributed by atoms with Crippen molar-refractivity contribution in [1.29, 1.82) is 0 Å². The van der Waals surface area contributed by atoms with Crippen LogP contribution in [0.4, 0.5) is 0 Å². The number of carbonyl (C=O) groups is 1. The van der Waals surface area contributed by atoms with E-state index < -0.39 is 5.54 Å². The van der Waals surface area contributed by atoms with Gasteiger partial charge in [0.2, 0.25) is 5.91 Å².